The number of fused-ring (bicyclic) bond motifs is 1. The molecule has 0 unspecified atom stereocenters. The third kappa shape index (κ3) is 2.31. The highest BCUT2D eigenvalue weighted by molar-refractivity contribution is 5.66. The van der Waals surface area contributed by atoms with Crippen LogP contribution in [0.15, 0.2) is 36.5 Å². The Morgan fingerprint density at radius 1 is 1.16 bits per heavy atom. The van der Waals surface area contributed by atoms with E-state index in [0.29, 0.717) is 6.54 Å². The number of anilines is 2. The zero-order chi connectivity index (χ0) is 13.1. The largest absolute Gasteiger partial charge is 0.326 e. The summed E-state index contributed by atoms with van der Waals surface area (Å²) in [6, 6.07) is 10.5. The second kappa shape index (κ2) is 5.36. The summed E-state index contributed by atoms with van der Waals surface area (Å²) < 4.78 is 0. The number of benzene rings is 1. The van der Waals surface area contributed by atoms with Gasteiger partial charge in [0.05, 0.1) is 6.20 Å². The second-order valence-electron chi connectivity index (χ2n) is 4.82. The van der Waals surface area contributed by atoms with E-state index >= 15 is 0 Å². The Morgan fingerprint density at radius 3 is 2.95 bits per heavy atom. The van der Waals surface area contributed by atoms with Crippen LogP contribution in [0.4, 0.5) is 11.5 Å². The molecule has 1 aromatic heterocycles. The first-order valence-electron chi connectivity index (χ1n) is 6.76. The molecule has 0 radical (unpaired) electrons. The zero-order valence-electron chi connectivity index (χ0n) is 10.9. The highest BCUT2D eigenvalue weighted by Crippen LogP contribution is 2.32. The number of nitrogens with zero attached hydrogens (tertiary/aromatic N) is 3. The zero-order valence-corrected chi connectivity index (χ0v) is 10.9. The van der Waals surface area contributed by atoms with Gasteiger partial charge in [0.25, 0.3) is 0 Å². The quantitative estimate of drug-likeness (QED) is 0.894. The molecule has 2 N–H and O–H groups in total. The molecule has 3 rings (SSSR count). The van der Waals surface area contributed by atoms with E-state index < -0.39 is 0 Å². The molecule has 0 aliphatic carbocycles. The predicted molar refractivity (Wildman–Crippen MR) is 76.3 cm³/mol. The van der Waals surface area contributed by atoms with Gasteiger partial charge >= 0.3 is 0 Å². The van der Waals surface area contributed by atoms with Crippen LogP contribution in [0.5, 0.6) is 0 Å². The Balaban J connectivity index is 2.09. The van der Waals surface area contributed by atoms with E-state index in [1.807, 2.05) is 6.07 Å². The van der Waals surface area contributed by atoms with Crippen molar-refractivity contribution in [1.29, 1.82) is 0 Å². The molecule has 0 fully saturated rings. The minimum atomic E-state index is 0.490. The van der Waals surface area contributed by atoms with Crippen molar-refractivity contribution < 1.29 is 0 Å². The van der Waals surface area contributed by atoms with Gasteiger partial charge in [-0.3, -0.25) is 0 Å². The van der Waals surface area contributed by atoms with Gasteiger partial charge < -0.3 is 10.6 Å². The summed E-state index contributed by atoms with van der Waals surface area (Å²) in [5, 5.41) is 8.33. The van der Waals surface area contributed by atoms with Gasteiger partial charge in [0.2, 0.25) is 0 Å². The normalized spacial score (nSPS) is 14.9. The lowest BCUT2D eigenvalue weighted by Crippen LogP contribution is -2.22. The third-order valence-corrected chi connectivity index (χ3v) is 3.62. The van der Waals surface area contributed by atoms with E-state index in [1.165, 1.54) is 17.7 Å². The molecule has 0 saturated carbocycles. The Kier molecular flexibility index (Phi) is 3.42. The van der Waals surface area contributed by atoms with Crippen LogP contribution in [0.2, 0.25) is 0 Å². The highest BCUT2D eigenvalue weighted by Gasteiger charge is 2.19. The van der Waals surface area contributed by atoms with Crippen molar-refractivity contribution in [1.82, 2.24) is 10.2 Å². The van der Waals surface area contributed by atoms with E-state index in [1.54, 1.807) is 6.20 Å². The third-order valence-electron chi connectivity index (χ3n) is 3.62. The summed E-state index contributed by atoms with van der Waals surface area (Å²) in [4.78, 5) is 2.26. The lowest BCUT2D eigenvalue weighted by atomic mass is 10.1. The van der Waals surface area contributed by atoms with Gasteiger partial charge in [0.15, 0.2) is 5.82 Å². The van der Waals surface area contributed by atoms with Gasteiger partial charge in [0.1, 0.15) is 0 Å². The molecule has 2 heterocycles. The smallest absolute Gasteiger partial charge is 0.160 e. The number of para-hydroxylation sites is 1. The van der Waals surface area contributed by atoms with Crippen molar-refractivity contribution in [2.45, 2.75) is 25.8 Å². The van der Waals surface area contributed by atoms with E-state index in [0.717, 1.165) is 30.8 Å². The second-order valence-corrected chi connectivity index (χ2v) is 4.82. The summed E-state index contributed by atoms with van der Waals surface area (Å²) in [6.45, 7) is 1.46. The van der Waals surface area contributed by atoms with Crippen LogP contribution < -0.4 is 10.6 Å². The first-order chi connectivity index (χ1) is 9.40. The van der Waals surface area contributed by atoms with Crippen LogP contribution in [0.1, 0.15) is 24.0 Å². The maximum Gasteiger partial charge on any atom is 0.160 e. The van der Waals surface area contributed by atoms with Crippen molar-refractivity contribution >= 4 is 11.5 Å². The van der Waals surface area contributed by atoms with Crippen LogP contribution in [-0.2, 0) is 13.0 Å². The lowest BCUT2D eigenvalue weighted by Gasteiger charge is -2.25. The number of hydrogen-bond acceptors (Lipinski definition) is 4. The molecule has 0 spiro atoms. The monoisotopic (exact) mass is 254 g/mol. The molecule has 0 amide bonds. The van der Waals surface area contributed by atoms with Crippen molar-refractivity contribution in [2.24, 2.45) is 5.73 Å². The summed E-state index contributed by atoms with van der Waals surface area (Å²) in [6.07, 6.45) is 5.21. The molecule has 0 bridgehead atoms. The highest BCUT2D eigenvalue weighted by atomic mass is 15.3. The minimum absolute atomic E-state index is 0.490. The molecule has 4 heteroatoms. The van der Waals surface area contributed by atoms with E-state index in [-0.39, 0.29) is 0 Å². The maximum absolute atomic E-state index is 5.82. The van der Waals surface area contributed by atoms with Crippen LogP contribution in [0.25, 0.3) is 0 Å². The minimum Gasteiger partial charge on any atom is -0.326 e. The summed E-state index contributed by atoms with van der Waals surface area (Å²) in [7, 11) is 0. The lowest BCUT2D eigenvalue weighted by molar-refractivity contribution is 0.751. The number of nitrogens with two attached hydrogens (primary N) is 1. The van der Waals surface area contributed by atoms with E-state index in [4.69, 9.17) is 5.73 Å². The van der Waals surface area contributed by atoms with Crippen LogP contribution >= 0.6 is 0 Å². The Bertz CT molecular complexity index is 568. The molecule has 1 aliphatic heterocycles. The van der Waals surface area contributed by atoms with Crippen LogP contribution in [0, 0.1) is 0 Å². The van der Waals surface area contributed by atoms with Gasteiger partial charge in [-0.25, -0.2) is 0 Å². The molecule has 4 nitrogen and oxygen atoms in total. The van der Waals surface area contributed by atoms with Gasteiger partial charge in [-0.15, -0.1) is 5.10 Å². The molecular formula is C15H18N4. The van der Waals surface area contributed by atoms with E-state index in [9.17, 15) is 0 Å². The molecule has 1 aromatic carbocycles. The fourth-order valence-corrected chi connectivity index (χ4v) is 2.65. The van der Waals surface area contributed by atoms with Crippen molar-refractivity contribution in [2.75, 3.05) is 11.4 Å². The maximum atomic E-state index is 5.82. The van der Waals surface area contributed by atoms with Gasteiger partial charge in [-0.05, 0) is 37.0 Å². The molecular weight excluding hydrogens is 236 g/mol. The summed E-state index contributed by atoms with van der Waals surface area (Å²) in [5.74, 6) is 0.902. The Labute approximate surface area is 113 Å². The Hall–Kier alpha value is -1.94. The first kappa shape index (κ1) is 12.1. The average Bonchev–Trinajstić information content (AvgIpc) is 2.69. The first-order valence-corrected chi connectivity index (χ1v) is 6.76. The summed E-state index contributed by atoms with van der Waals surface area (Å²) >= 11 is 0. The number of rotatable bonds is 2. The molecule has 0 atom stereocenters. The van der Waals surface area contributed by atoms with Gasteiger partial charge in [0, 0.05) is 24.3 Å². The molecule has 2 aromatic rings. The van der Waals surface area contributed by atoms with Gasteiger partial charge in [-0.2, -0.15) is 5.10 Å². The standard InChI is InChI=1S/C15H18N4/c16-11-13-8-9-17-18-15(13)19-10-4-3-6-12-5-1-2-7-14(12)19/h1-2,5,7-9H,3-4,6,10-11,16H2. The average molecular weight is 254 g/mol. The molecule has 1 aliphatic rings. The SMILES string of the molecule is NCc1ccnnc1N1CCCCc2ccccc21. The predicted octanol–water partition coefficient (Wildman–Crippen LogP) is 2.41. The fourth-order valence-electron chi connectivity index (χ4n) is 2.65. The van der Waals surface area contributed by atoms with Gasteiger partial charge in [-0.1, -0.05) is 18.2 Å². The number of hydrogen-bond donors (Lipinski definition) is 1. The van der Waals surface area contributed by atoms with E-state index in [2.05, 4.69) is 39.4 Å². The number of aromatic nitrogens is 2. The Morgan fingerprint density at radius 2 is 2.05 bits per heavy atom. The fraction of sp³-hybridized carbons (Fsp3) is 0.333. The van der Waals surface area contributed by atoms with Crippen LogP contribution in [-0.4, -0.2) is 16.7 Å². The van der Waals surface area contributed by atoms with Crippen molar-refractivity contribution in [3.8, 4) is 0 Å². The van der Waals surface area contributed by atoms with Crippen LogP contribution in [0.3, 0.4) is 0 Å². The molecule has 98 valence electrons. The molecule has 0 saturated heterocycles. The topological polar surface area (TPSA) is 55.0 Å². The number of aryl methyl sites for hydroxylation is 1. The molecule has 19 heavy (non-hydrogen) atoms. The van der Waals surface area contributed by atoms with Crippen molar-refractivity contribution in [3.05, 3.63) is 47.7 Å². The van der Waals surface area contributed by atoms with Crippen molar-refractivity contribution in [3.63, 3.8) is 0 Å². The summed E-state index contributed by atoms with van der Waals surface area (Å²) in [5.41, 5.74) is 9.50.